The highest BCUT2D eigenvalue weighted by atomic mass is 35.5. The summed E-state index contributed by atoms with van der Waals surface area (Å²) in [4.78, 5) is 4.52. The highest BCUT2D eigenvalue weighted by molar-refractivity contribution is 6.31. The van der Waals surface area contributed by atoms with E-state index in [0.717, 1.165) is 41.6 Å². The van der Waals surface area contributed by atoms with E-state index in [1.807, 2.05) is 36.7 Å². The minimum absolute atomic E-state index is 0.700. The summed E-state index contributed by atoms with van der Waals surface area (Å²) < 4.78 is 7.45. The number of hydrogen-bond acceptors (Lipinski definition) is 3. The van der Waals surface area contributed by atoms with Crippen LogP contribution in [0.4, 0.5) is 5.95 Å². The van der Waals surface area contributed by atoms with Gasteiger partial charge in [-0.3, -0.25) is 4.57 Å². The third kappa shape index (κ3) is 2.90. The number of halogens is 1. The number of rotatable bonds is 5. The number of methoxy groups -OCH3 is 1. The average Bonchev–Trinajstić information content (AvgIpc) is 2.79. The van der Waals surface area contributed by atoms with E-state index in [4.69, 9.17) is 16.3 Å². The fourth-order valence-electron chi connectivity index (χ4n) is 2.04. The highest BCUT2D eigenvalue weighted by Crippen LogP contribution is 2.31. The predicted octanol–water partition coefficient (Wildman–Crippen LogP) is 3.97. The normalized spacial score (nSPS) is 10.7. The minimum Gasteiger partial charge on any atom is -0.495 e. The zero-order valence-electron chi connectivity index (χ0n) is 12.3. The van der Waals surface area contributed by atoms with Gasteiger partial charge in [0, 0.05) is 23.8 Å². The zero-order valence-corrected chi connectivity index (χ0v) is 13.1. The third-order valence-corrected chi connectivity index (χ3v) is 3.49. The van der Waals surface area contributed by atoms with Gasteiger partial charge in [-0.05, 0) is 31.9 Å². The molecule has 1 heterocycles. The molecular formula is C15H20ClN3O. The Kier molecular flexibility index (Phi) is 4.55. The standard InChI is InChI=1S/C15H20ClN3O/c1-5-6-17-15-18-11(3)9-19(15)13-7-10(2)12(16)8-14(13)20-4/h7-9H,5-6H2,1-4H3,(H,17,18). The lowest BCUT2D eigenvalue weighted by molar-refractivity contribution is 0.413. The lowest BCUT2D eigenvalue weighted by Crippen LogP contribution is -2.07. The van der Waals surface area contributed by atoms with Crippen molar-refractivity contribution < 1.29 is 4.74 Å². The molecule has 2 aromatic rings. The van der Waals surface area contributed by atoms with Crippen molar-refractivity contribution in [2.45, 2.75) is 27.2 Å². The van der Waals surface area contributed by atoms with Gasteiger partial charge in [-0.2, -0.15) is 0 Å². The second-order valence-corrected chi connectivity index (χ2v) is 5.18. The van der Waals surface area contributed by atoms with Crippen molar-refractivity contribution in [2.24, 2.45) is 0 Å². The molecule has 5 heteroatoms. The van der Waals surface area contributed by atoms with Crippen LogP contribution in [0.25, 0.3) is 5.69 Å². The van der Waals surface area contributed by atoms with Gasteiger partial charge in [0.2, 0.25) is 5.95 Å². The Labute approximate surface area is 124 Å². The monoisotopic (exact) mass is 293 g/mol. The maximum absolute atomic E-state index is 6.16. The van der Waals surface area contributed by atoms with Gasteiger partial charge in [0.15, 0.2) is 0 Å². The predicted molar refractivity (Wildman–Crippen MR) is 83.4 cm³/mol. The fraction of sp³-hybridized carbons (Fsp3) is 0.400. The van der Waals surface area contributed by atoms with Crippen LogP contribution in [0.2, 0.25) is 5.02 Å². The number of aromatic nitrogens is 2. The molecule has 1 aromatic carbocycles. The van der Waals surface area contributed by atoms with Crippen LogP contribution < -0.4 is 10.1 Å². The number of hydrogen-bond donors (Lipinski definition) is 1. The SMILES string of the molecule is CCCNc1nc(C)cn1-c1cc(C)c(Cl)cc1OC. The molecule has 0 aliphatic rings. The molecule has 0 bridgehead atoms. The van der Waals surface area contributed by atoms with Gasteiger partial charge in [-0.1, -0.05) is 18.5 Å². The number of aryl methyl sites for hydroxylation is 2. The Bertz CT molecular complexity index is 607. The van der Waals surface area contributed by atoms with Crippen molar-refractivity contribution in [3.05, 3.63) is 34.6 Å². The minimum atomic E-state index is 0.700. The molecule has 0 aliphatic heterocycles. The summed E-state index contributed by atoms with van der Waals surface area (Å²) in [6.07, 6.45) is 3.03. The second-order valence-electron chi connectivity index (χ2n) is 4.78. The van der Waals surface area contributed by atoms with Crippen LogP contribution in [-0.2, 0) is 0 Å². The Morgan fingerprint density at radius 2 is 2.10 bits per heavy atom. The van der Waals surface area contributed by atoms with Crippen molar-refractivity contribution in [3.8, 4) is 11.4 Å². The molecule has 1 aromatic heterocycles. The summed E-state index contributed by atoms with van der Waals surface area (Å²) in [5.41, 5.74) is 2.90. The molecule has 108 valence electrons. The van der Waals surface area contributed by atoms with Crippen LogP contribution in [0, 0.1) is 13.8 Å². The summed E-state index contributed by atoms with van der Waals surface area (Å²) in [5, 5.41) is 4.03. The fourth-order valence-corrected chi connectivity index (χ4v) is 2.20. The van der Waals surface area contributed by atoms with E-state index in [1.165, 1.54) is 0 Å². The van der Waals surface area contributed by atoms with Gasteiger partial charge in [-0.15, -0.1) is 0 Å². The summed E-state index contributed by atoms with van der Waals surface area (Å²) in [6, 6.07) is 3.85. The van der Waals surface area contributed by atoms with E-state index in [2.05, 4.69) is 17.2 Å². The lowest BCUT2D eigenvalue weighted by atomic mass is 10.2. The van der Waals surface area contributed by atoms with Gasteiger partial charge < -0.3 is 10.1 Å². The first-order valence-corrected chi connectivity index (χ1v) is 7.09. The van der Waals surface area contributed by atoms with Crippen LogP contribution in [0.3, 0.4) is 0 Å². The molecule has 0 saturated heterocycles. The molecule has 20 heavy (non-hydrogen) atoms. The molecule has 0 saturated carbocycles. The van der Waals surface area contributed by atoms with Crippen LogP contribution in [0.1, 0.15) is 24.6 Å². The molecule has 0 atom stereocenters. The zero-order chi connectivity index (χ0) is 14.7. The van der Waals surface area contributed by atoms with Crippen LogP contribution in [0.5, 0.6) is 5.75 Å². The number of anilines is 1. The number of nitrogens with zero attached hydrogens (tertiary/aromatic N) is 2. The number of nitrogens with one attached hydrogen (secondary N) is 1. The topological polar surface area (TPSA) is 39.1 Å². The van der Waals surface area contributed by atoms with E-state index in [9.17, 15) is 0 Å². The number of imidazole rings is 1. The van der Waals surface area contributed by atoms with E-state index >= 15 is 0 Å². The molecular weight excluding hydrogens is 274 g/mol. The molecule has 0 amide bonds. The Morgan fingerprint density at radius 1 is 1.35 bits per heavy atom. The Morgan fingerprint density at radius 3 is 2.75 bits per heavy atom. The largest absolute Gasteiger partial charge is 0.495 e. The molecule has 1 N–H and O–H groups in total. The molecule has 0 spiro atoms. The van der Waals surface area contributed by atoms with E-state index < -0.39 is 0 Å². The summed E-state index contributed by atoms with van der Waals surface area (Å²) in [7, 11) is 1.65. The van der Waals surface area contributed by atoms with Crippen molar-refractivity contribution in [1.82, 2.24) is 9.55 Å². The van der Waals surface area contributed by atoms with Gasteiger partial charge >= 0.3 is 0 Å². The summed E-state index contributed by atoms with van der Waals surface area (Å²) in [6.45, 7) is 6.96. The summed E-state index contributed by atoms with van der Waals surface area (Å²) in [5.74, 6) is 1.56. The smallest absolute Gasteiger partial charge is 0.207 e. The molecule has 0 radical (unpaired) electrons. The molecule has 0 aliphatic carbocycles. The quantitative estimate of drug-likeness (QED) is 0.906. The molecule has 0 unspecified atom stereocenters. The first-order valence-electron chi connectivity index (χ1n) is 6.71. The molecule has 0 fully saturated rings. The van der Waals surface area contributed by atoms with Crippen molar-refractivity contribution in [2.75, 3.05) is 19.0 Å². The van der Waals surface area contributed by atoms with Gasteiger partial charge in [0.25, 0.3) is 0 Å². The van der Waals surface area contributed by atoms with Gasteiger partial charge in [0.05, 0.1) is 18.5 Å². The third-order valence-electron chi connectivity index (χ3n) is 3.08. The average molecular weight is 294 g/mol. The lowest BCUT2D eigenvalue weighted by Gasteiger charge is -2.14. The van der Waals surface area contributed by atoms with Crippen LogP contribution >= 0.6 is 11.6 Å². The Hall–Kier alpha value is -1.68. The van der Waals surface area contributed by atoms with Crippen LogP contribution in [-0.4, -0.2) is 23.2 Å². The maximum atomic E-state index is 6.16. The first kappa shape index (κ1) is 14.7. The van der Waals surface area contributed by atoms with Gasteiger partial charge in [-0.25, -0.2) is 4.98 Å². The van der Waals surface area contributed by atoms with Crippen LogP contribution in [0.15, 0.2) is 18.3 Å². The summed E-state index contributed by atoms with van der Waals surface area (Å²) >= 11 is 6.16. The van der Waals surface area contributed by atoms with Crippen molar-refractivity contribution >= 4 is 17.5 Å². The number of benzene rings is 1. The van der Waals surface area contributed by atoms with E-state index in [1.54, 1.807) is 7.11 Å². The Balaban J connectivity index is 2.52. The molecule has 4 nitrogen and oxygen atoms in total. The molecule has 2 rings (SSSR count). The highest BCUT2D eigenvalue weighted by Gasteiger charge is 2.13. The van der Waals surface area contributed by atoms with E-state index in [-0.39, 0.29) is 0 Å². The maximum Gasteiger partial charge on any atom is 0.207 e. The number of ether oxygens (including phenoxy) is 1. The van der Waals surface area contributed by atoms with Crippen molar-refractivity contribution in [1.29, 1.82) is 0 Å². The van der Waals surface area contributed by atoms with Crippen molar-refractivity contribution in [3.63, 3.8) is 0 Å². The van der Waals surface area contributed by atoms with Gasteiger partial charge in [0.1, 0.15) is 5.75 Å². The van der Waals surface area contributed by atoms with E-state index in [0.29, 0.717) is 5.02 Å². The first-order chi connectivity index (χ1) is 9.56. The second kappa shape index (κ2) is 6.18.